The quantitative estimate of drug-likeness (QED) is 0.628. The largest absolute Gasteiger partial charge is 0.465 e. The van der Waals surface area contributed by atoms with Crippen LogP contribution in [0.5, 0.6) is 0 Å². The van der Waals surface area contributed by atoms with Crippen LogP contribution < -0.4 is 5.32 Å². The van der Waals surface area contributed by atoms with Crippen LogP contribution in [-0.2, 0) is 21.3 Å². The zero-order valence-corrected chi connectivity index (χ0v) is 18.1. The van der Waals surface area contributed by atoms with E-state index in [9.17, 15) is 13.2 Å². The summed E-state index contributed by atoms with van der Waals surface area (Å²) in [7, 11) is -3.50. The highest BCUT2D eigenvalue weighted by atomic mass is 32.2. The van der Waals surface area contributed by atoms with Gasteiger partial charge in [-0.15, -0.1) is 11.3 Å². The molecule has 0 atom stereocenters. The normalized spacial score (nSPS) is 15.2. The molecule has 7 nitrogen and oxygen atoms in total. The number of furan rings is 1. The number of rotatable bonds is 6. The van der Waals surface area contributed by atoms with Crippen LogP contribution in [0.4, 0.5) is 0 Å². The SMILES string of the molecule is Cc1ccc(CNC(=O)c2ccc(-c3ccc(S(=O)(=O)N4CCOCC4)s3)cc2)o1. The first-order valence-corrected chi connectivity index (χ1v) is 11.8. The van der Waals surface area contributed by atoms with Crippen molar-refractivity contribution in [3.8, 4) is 10.4 Å². The van der Waals surface area contributed by atoms with Gasteiger partial charge in [0, 0.05) is 23.5 Å². The van der Waals surface area contributed by atoms with Gasteiger partial charge in [0.15, 0.2) is 0 Å². The van der Waals surface area contributed by atoms with Crippen LogP contribution >= 0.6 is 11.3 Å². The van der Waals surface area contributed by atoms with Crippen LogP contribution in [0.15, 0.2) is 57.2 Å². The van der Waals surface area contributed by atoms with Crippen molar-refractivity contribution in [3.05, 3.63) is 65.6 Å². The molecule has 3 heterocycles. The van der Waals surface area contributed by atoms with E-state index in [2.05, 4.69) is 5.32 Å². The van der Waals surface area contributed by atoms with E-state index in [0.717, 1.165) is 16.2 Å². The fourth-order valence-electron chi connectivity index (χ4n) is 3.16. The average Bonchev–Trinajstić information content (AvgIpc) is 3.42. The molecule has 1 aliphatic heterocycles. The van der Waals surface area contributed by atoms with Gasteiger partial charge in [0.25, 0.3) is 15.9 Å². The Labute approximate surface area is 179 Å². The molecule has 1 aliphatic rings. The summed E-state index contributed by atoms with van der Waals surface area (Å²) in [5, 5.41) is 2.82. The van der Waals surface area contributed by atoms with Crippen molar-refractivity contribution in [1.29, 1.82) is 0 Å². The number of nitrogens with one attached hydrogen (secondary N) is 1. The minimum absolute atomic E-state index is 0.197. The maximum atomic E-state index is 12.8. The van der Waals surface area contributed by atoms with E-state index in [1.54, 1.807) is 24.3 Å². The Morgan fingerprint density at radius 3 is 2.47 bits per heavy atom. The van der Waals surface area contributed by atoms with Gasteiger partial charge in [0.05, 0.1) is 19.8 Å². The second kappa shape index (κ2) is 8.73. The minimum atomic E-state index is -3.50. The third-order valence-electron chi connectivity index (χ3n) is 4.80. The van der Waals surface area contributed by atoms with Crippen LogP contribution in [0.2, 0.25) is 0 Å². The summed E-state index contributed by atoms with van der Waals surface area (Å²) in [6.07, 6.45) is 0. The maximum absolute atomic E-state index is 12.8. The van der Waals surface area contributed by atoms with Gasteiger partial charge >= 0.3 is 0 Å². The van der Waals surface area contributed by atoms with Crippen LogP contribution in [0.25, 0.3) is 10.4 Å². The molecule has 0 radical (unpaired) electrons. The van der Waals surface area contributed by atoms with Crippen molar-refractivity contribution < 1.29 is 22.4 Å². The molecule has 9 heteroatoms. The van der Waals surface area contributed by atoms with E-state index in [-0.39, 0.29) is 5.91 Å². The predicted octanol–water partition coefficient (Wildman–Crippen LogP) is 3.27. The summed E-state index contributed by atoms with van der Waals surface area (Å²) >= 11 is 1.23. The number of carbonyl (C=O) groups is 1. The molecule has 0 aliphatic carbocycles. The summed E-state index contributed by atoms with van der Waals surface area (Å²) in [6.45, 7) is 3.75. The van der Waals surface area contributed by atoms with Crippen molar-refractivity contribution in [3.63, 3.8) is 0 Å². The second-order valence-electron chi connectivity index (χ2n) is 6.91. The summed E-state index contributed by atoms with van der Waals surface area (Å²) in [5.41, 5.74) is 1.39. The molecule has 0 bridgehead atoms. The van der Waals surface area contributed by atoms with Gasteiger partial charge < -0.3 is 14.5 Å². The highest BCUT2D eigenvalue weighted by Gasteiger charge is 2.27. The third-order valence-corrected chi connectivity index (χ3v) is 8.30. The molecule has 0 spiro atoms. The lowest BCUT2D eigenvalue weighted by Crippen LogP contribution is -2.40. The molecule has 1 aromatic carbocycles. The molecule has 30 heavy (non-hydrogen) atoms. The Hall–Kier alpha value is -2.46. The number of aryl methyl sites for hydroxylation is 1. The minimum Gasteiger partial charge on any atom is -0.465 e. The second-order valence-corrected chi connectivity index (χ2v) is 10.2. The summed E-state index contributed by atoms with van der Waals surface area (Å²) < 4.78 is 38.0. The molecule has 0 unspecified atom stereocenters. The topological polar surface area (TPSA) is 88.9 Å². The lowest BCUT2D eigenvalue weighted by molar-refractivity contribution is 0.0731. The summed E-state index contributed by atoms with van der Waals surface area (Å²) in [6, 6.07) is 14.2. The lowest BCUT2D eigenvalue weighted by Gasteiger charge is -2.25. The van der Waals surface area contributed by atoms with Gasteiger partial charge in [-0.05, 0) is 48.9 Å². The highest BCUT2D eigenvalue weighted by molar-refractivity contribution is 7.91. The standard InChI is InChI=1S/C21H22N2O5S2/c1-15-2-7-18(28-15)14-22-21(24)17-5-3-16(4-6-17)19-8-9-20(29-19)30(25,26)23-10-12-27-13-11-23/h2-9H,10-14H2,1H3,(H,22,24). The van der Waals surface area contributed by atoms with Crippen molar-refractivity contribution in [1.82, 2.24) is 9.62 Å². The van der Waals surface area contributed by atoms with Crippen molar-refractivity contribution in [2.75, 3.05) is 26.3 Å². The smallest absolute Gasteiger partial charge is 0.252 e. The van der Waals surface area contributed by atoms with Crippen LogP contribution in [0, 0.1) is 6.92 Å². The Morgan fingerprint density at radius 2 is 1.80 bits per heavy atom. The number of hydrogen-bond donors (Lipinski definition) is 1. The first-order chi connectivity index (χ1) is 14.4. The number of amides is 1. The number of carbonyl (C=O) groups excluding carboxylic acids is 1. The van der Waals surface area contributed by atoms with Crippen molar-refractivity contribution >= 4 is 27.3 Å². The number of benzene rings is 1. The number of ether oxygens (including phenoxy) is 1. The number of sulfonamides is 1. The van der Waals surface area contributed by atoms with Gasteiger partial charge in [0.1, 0.15) is 15.7 Å². The molecule has 0 saturated carbocycles. The van der Waals surface area contributed by atoms with Crippen LogP contribution in [-0.4, -0.2) is 44.9 Å². The van der Waals surface area contributed by atoms with E-state index in [1.165, 1.54) is 15.6 Å². The van der Waals surface area contributed by atoms with Gasteiger partial charge in [-0.3, -0.25) is 4.79 Å². The molecule has 1 saturated heterocycles. The lowest BCUT2D eigenvalue weighted by atomic mass is 10.1. The number of hydrogen-bond acceptors (Lipinski definition) is 6. The van der Waals surface area contributed by atoms with Crippen LogP contribution in [0.3, 0.4) is 0 Å². The molecule has 4 rings (SSSR count). The first kappa shape index (κ1) is 20.8. The van der Waals surface area contributed by atoms with Crippen LogP contribution in [0.1, 0.15) is 21.9 Å². The Kier molecular flexibility index (Phi) is 6.05. The molecular weight excluding hydrogens is 424 g/mol. The van der Waals surface area contributed by atoms with Gasteiger partial charge in [0.2, 0.25) is 0 Å². The molecule has 1 fully saturated rings. The predicted molar refractivity (Wildman–Crippen MR) is 114 cm³/mol. The molecule has 2 aromatic heterocycles. The molecule has 3 aromatic rings. The van der Waals surface area contributed by atoms with E-state index >= 15 is 0 Å². The molecular formula is C21H22N2O5S2. The Balaban J connectivity index is 1.43. The zero-order valence-electron chi connectivity index (χ0n) is 16.5. The van der Waals surface area contributed by atoms with E-state index in [1.807, 2.05) is 31.2 Å². The first-order valence-electron chi connectivity index (χ1n) is 9.55. The van der Waals surface area contributed by atoms with E-state index < -0.39 is 10.0 Å². The fourth-order valence-corrected chi connectivity index (χ4v) is 6.04. The summed E-state index contributed by atoms with van der Waals surface area (Å²) in [4.78, 5) is 13.2. The maximum Gasteiger partial charge on any atom is 0.252 e. The van der Waals surface area contributed by atoms with Gasteiger partial charge in [-0.25, -0.2) is 8.42 Å². The van der Waals surface area contributed by atoms with Gasteiger partial charge in [-0.1, -0.05) is 12.1 Å². The Bertz CT molecular complexity index is 1130. The van der Waals surface area contributed by atoms with Crippen molar-refractivity contribution in [2.45, 2.75) is 17.7 Å². The average molecular weight is 447 g/mol. The van der Waals surface area contributed by atoms with Crippen molar-refractivity contribution in [2.24, 2.45) is 0 Å². The number of thiophene rings is 1. The monoisotopic (exact) mass is 446 g/mol. The molecule has 158 valence electrons. The zero-order chi connectivity index (χ0) is 21.1. The van der Waals surface area contributed by atoms with Gasteiger partial charge in [-0.2, -0.15) is 4.31 Å². The number of morpholine rings is 1. The molecule has 1 amide bonds. The third kappa shape index (κ3) is 4.49. The number of nitrogens with zero attached hydrogens (tertiary/aromatic N) is 1. The Morgan fingerprint density at radius 1 is 1.07 bits per heavy atom. The molecule has 1 N–H and O–H groups in total. The highest BCUT2D eigenvalue weighted by Crippen LogP contribution is 2.32. The van der Waals surface area contributed by atoms with E-state index in [0.29, 0.717) is 48.4 Å². The fraction of sp³-hybridized carbons (Fsp3) is 0.286. The van der Waals surface area contributed by atoms with E-state index in [4.69, 9.17) is 9.15 Å². The summed E-state index contributed by atoms with van der Waals surface area (Å²) in [5.74, 6) is 1.30.